The van der Waals surface area contributed by atoms with Gasteiger partial charge in [-0.25, -0.2) is 0 Å². The first-order valence-corrected chi connectivity index (χ1v) is 9.87. The Hall–Kier alpha value is -3.07. The molecule has 1 N–H and O–H groups in total. The van der Waals surface area contributed by atoms with Crippen molar-refractivity contribution in [3.05, 3.63) is 75.4 Å². The Morgan fingerprint density at radius 3 is 2.46 bits per heavy atom. The SMILES string of the molecule is CCNc1cc2oc3cc(=O)c(C)cc-3c(-c3ccccc3CC)c2cc1C. The van der Waals surface area contributed by atoms with Crippen molar-refractivity contribution in [3.8, 4) is 22.5 Å². The number of aryl methyl sites for hydroxylation is 3. The Kier molecular flexibility index (Phi) is 4.68. The van der Waals surface area contributed by atoms with Crippen LogP contribution in [0.4, 0.5) is 5.69 Å². The second kappa shape index (κ2) is 7.16. The van der Waals surface area contributed by atoms with E-state index >= 15 is 0 Å². The molecule has 0 amide bonds. The van der Waals surface area contributed by atoms with Crippen LogP contribution in [0, 0.1) is 13.8 Å². The van der Waals surface area contributed by atoms with Gasteiger partial charge in [0.05, 0.1) is 0 Å². The lowest BCUT2D eigenvalue weighted by atomic mass is 9.89. The third kappa shape index (κ3) is 2.97. The van der Waals surface area contributed by atoms with E-state index in [2.05, 4.69) is 62.5 Å². The summed E-state index contributed by atoms with van der Waals surface area (Å²) in [5, 5.41) is 4.47. The van der Waals surface area contributed by atoms with Crippen LogP contribution >= 0.6 is 0 Å². The Morgan fingerprint density at radius 2 is 1.71 bits per heavy atom. The fraction of sp³-hybridized carbons (Fsp3) is 0.240. The molecule has 2 aromatic carbocycles. The van der Waals surface area contributed by atoms with Gasteiger partial charge < -0.3 is 9.73 Å². The summed E-state index contributed by atoms with van der Waals surface area (Å²) >= 11 is 0. The van der Waals surface area contributed by atoms with Crippen molar-refractivity contribution in [1.29, 1.82) is 0 Å². The molecule has 0 fully saturated rings. The maximum atomic E-state index is 12.3. The minimum Gasteiger partial charge on any atom is -0.456 e. The Labute approximate surface area is 165 Å². The standard InChI is InChI=1S/C25H25NO2/c1-5-17-9-7-8-10-18(17)25-19-11-15(3)21(26-6-2)13-23(19)28-24-14-22(27)16(4)12-20(24)25/h7-14,26H,5-6H2,1-4H3. The molecule has 0 bridgehead atoms. The zero-order chi connectivity index (χ0) is 19.8. The van der Waals surface area contributed by atoms with Crippen LogP contribution in [0.2, 0.25) is 0 Å². The van der Waals surface area contributed by atoms with Crippen LogP contribution in [0.15, 0.2) is 57.7 Å². The largest absolute Gasteiger partial charge is 0.456 e. The quantitative estimate of drug-likeness (QED) is 0.436. The van der Waals surface area contributed by atoms with Gasteiger partial charge in [0.2, 0.25) is 0 Å². The number of hydrogen-bond acceptors (Lipinski definition) is 3. The van der Waals surface area contributed by atoms with Gasteiger partial charge in [-0.2, -0.15) is 0 Å². The highest BCUT2D eigenvalue weighted by Gasteiger charge is 2.20. The number of rotatable bonds is 4. The molecule has 1 heterocycles. The summed E-state index contributed by atoms with van der Waals surface area (Å²) < 4.78 is 6.22. The first-order valence-electron chi connectivity index (χ1n) is 9.87. The predicted octanol–water partition coefficient (Wildman–Crippen LogP) is 6.18. The predicted molar refractivity (Wildman–Crippen MR) is 118 cm³/mol. The molecule has 3 heteroatoms. The summed E-state index contributed by atoms with van der Waals surface area (Å²) in [6.45, 7) is 9.07. The van der Waals surface area contributed by atoms with Gasteiger partial charge in [-0.05, 0) is 61.6 Å². The number of benzene rings is 3. The number of anilines is 1. The van der Waals surface area contributed by atoms with E-state index in [0.29, 0.717) is 5.76 Å². The third-order valence-corrected chi connectivity index (χ3v) is 5.40. The third-order valence-electron chi connectivity index (χ3n) is 5.40. The number of fused-ring (bicyclic) bond motifs is 2. The van der Waals surface area contributed by atoms with Crippen molar-refractivity contribution in [1.82, 2.24) is 0 Å². The van der Waals surface area contributed by atoms with Gasteiger partial charge in [0, 0.05) is 40.9 Å². The van der Waals surface area contributed by atoms with E-state index in [1.54, 1.807) is 6.07 Å². The topological polar surface area (TPSA) is 42.2 Å². The van der Waals surface area contributed by atoms with Crippen molar-refractivity contribution in [2.75, 3.05) is 11.9 Å². The smallest absolute Gasteiger partial charge is 0.185 e. The van der Waals surface area contributed by atoms with Crippen LogP contribution in [-0.4, -0.2) is 6.54 Å². The van der Waals surface area contributed by atoms with E-state index in [4.69, 9.17) is 4.42 Å². The molecule has 3 nitrogen and oxygen atoms in total. The average Bonchev–Trinajstić information content (AvgIpc) is 2.69. The van der Waals surface area contributed by atoms with Crippen molar-refractivity contribution >= 4 is 16.7 Å². The van der Waals surface area contributed by atoms with E-state index in [1.165, 1.54) is 16.7 Å². The fourth-order valence-corrected chi connectivity index (χ4v) is 3.92. The normalized spacial score (nSPS) is 11.3. The molecule has 0 aromatic heterocycles. The monoisotopic (exact) mass is 371 g/mol. The van der Waals surface area contributed by atoms with E-state index in [0.717, 1.165) is 46.3 Å². The van der Waals surface area contributed by atoms with Gasteiger partial charge in [-0.15, -0.1) is 0 Å². The highest BCUT2D eigenvalue weighted by Crippen LogP contribution is 2.42. The molecular weight excluding hydrogens is 346 g/mol. The summed E-state index contributed by atoms with van der Waals surface area (Å²) in [6, 6.07) is 16.3. The summed E-state index contributed by atoms with van der Waals surface area (Å²) in [7, 11) is 0. The summed E-state index contributed by atoms with van der Waals surface area (Å²) in [6.07, 6.45) is 0.943. The summed E-state index contributed by atoms with van der Waals surface area (Å²) in [5.41, 5.74) is 8.38. The van der Waals surface area contributed by atoms with Gasteiger partial charge in [0.1, 0.15) is 11.3 Å². The minimum atomic E-state index is 0.00402. The molecule has 28 heavy (non-hydrogen) atoms. The van der Waals surface area contributed by atoms with Crippen LogP contribution in [0.25, 0.3) is 33.4 Å². The van der Waals surface area contributed by atoms with Crippen molar-refractivity contribution in [2.24, 2.45) is 0 Å². The Balaban J connectivity index is 2.19. The second-order valence-electron chi connectivity index (χ2n) is 7.30. The van der Waals surface area contributed by atoms with Gasteiger partial charge in [0.25, 0.3) is 0 Å². The Morgan fingerprint density at radius 1 is 0.929 bits per heavy atom. The zero-order valence-corrected chi connectivity index (χ0v) is 16.8. The van der Waals surface area contributed by atoms with Crippen LogP contribution in [-0.2, 0) is 6.42 Å². The van der Waals surface area contributed by atoms with E-state index in [1.807, 2.05) is 13.0 Å². The molecule has 142 valence electrons. The molecule has 2 aromatic rings. The van der Waals surface area contributed by atoms with Crippen LogP contribution in [0.3, 0.4) is 0 Å². The number of hydrogen-bond donors (Lipinski definition) is 1. The van der Waals surface area contributed by atoms with E-state index in [-0.39, 0.29) is 5.43 Å². The minimum absolute atomic E-state index is 0.00402. The van der Waals surface area contributed by atoms with Gasteiger partial charge in [-0.1, -0.05) is 31.2 Å². The van der Waals surface area contributed by atoms with Gasteiger partial charge in [-0.3, -0.25) is 4.79 Å². The average molecular weight is 371 g/mol. The molecular formula is C25H25NO2. The highest BCUT2D eigenvalue weighted by molar-refractivity contribution is 6.03. The fourth-order valence-electron chi connectivity index (χ4n) is 3.92. The molecule has 1 aliphatic heterocycles. The molecule has 2 aliphatic rings. The molecule has 4 rings (SSSR count). The van der Waals surface area contributed by atoms with Crippen molar-refractivity contribution in [2.45, 2.75) is 34.1 Å². The molecule has 0 spiro atoms. The lowest BCUT2D eigenvalue weighted by Gasteiger charge is -2.19. The maximum absolute atomic E-state index is 12.3. The molecule has 0 saturated heterocycles. The van der Waals surface area contributed by atoms with E-state index < -0.39 is 0 Å². The van der Waals surface area contributed by atoms with Gasteiger partial charge >= 0.3 is 0 Å². The second-order valence-corrected chi connectivity index (χ2v) is 7.30. The first-order chi connectivity index (χ1) is 13.5. The lowest BCUT2D eigenvalue weighted by molar-refractivity contribution is 0.619. The summed E-state index contributed by atoms with van der Waals surface area (Å²) in [5.74, 6) is 0.635. The molecule has 0 radical (unpaired) electrons. The molecule has 0 atom stereocenters. The van der Waals surface area contributed by atoms with Gasteiger partial charge in [0.15, 0.2) is 5.43 Å². The first kappa shape index (κ1) is 18.3. The number of nitrogens with one attached hydrogen (secondary N) is 1. The molecule has 1 aliphatic carbocycles. The van der Waals surface area contributed by atoms with Crippen LogP contribution in [0.1, 0.15) is 30.5 Å². The van der Waals surface area contributed by atoms with E-state index in [9.17, 15) is 4.79 Å². The van der Waals surface area contributed by atoms with Crippen molar-refractivity contribution in [3.63, 3.8) is 0 Å². The van der Waals surface area contributed by atoms with Crippen molar-refractivity contribution < 1.29 is 4.42 Å². The van der Waals surface area contributed by atoms with Crippen LogP contribution < -0.4 is 10.7 Å². The Bertz CT molecular complexity index is 1200. The zero-order valence-electron chi connectivity index (χ0n) is 16.8. The molecule has 0 unspecified atom stereocenters. The van der Waals surface area contributed by atoms with Crippen LogP contribution in [0.5, 0.6) is 0 Å². The summed E-state index contributed by atoms with van der Waals surface area (Å²) in [4.78, 5) is 12.3. The maximum Gasteiger partial charge on any atom is 0.185 e. The lowest BCUT2D eigenvalue weighted by Crippen LogP contribution is -2.06. The molecule has 0 saturated carbocycles. The highest BCUT2D eigenvalue weighted by atomic mass is 16.3.